The van der Waals surface area contributed by atoms with Crippen molar-refractivity contribution in [3.05, 3.63) is 105 Å². The molecule has 0 N–H and O–H groups in total. The van der Waals surface area contributed by atoms with E-state index in [1.165, 1.54) is 0 Å². The van der Waals surface area contributed by atoms with Crippen LogP contribution in [0.1, 0.15) is 33.9 Å². The van der Waals surface area contributed by atoms with Gasteiger partial charge < -0.3 is 13.9 Å². The Balaban J connectivity index is 1.75. The van der Waals surface area contributed by atoms with Gasteiger partial charge in [0.25, 0.3) is 0 Å². The lowest BCUT2D eigenvalue weighted by atomic mass is 9.85. The molecule has 4 aromatic rings. The molecule has 3 aromatic carbocycles. The van der Waals surface area contributed by atoms with Gasteiger partial charge in [-0.25, -0.2) is 0 Å². The van der Waals surface area contributed by atoms with Gasteiger partial charge in [0.1, 0.15) is 11.3 Å². The summed E-state index contributed by atoms with van der Waals surface area (Å²) in [6.45, 7) is 0.109. The second kappa shape index (κ2) is 6.61. The summed E-state index contributed by atoms with van der Waals surface area (Å²) in [6.07, 6.45) is 1.65. The van der Waals surface area contributed by atoms with E-state index in [1.54, 1.807) is 18.2 Å². The van der Waals surface area contributed by atoms with Crippen LogP contribution in [0.3, 0.4) is 0 Å². The molecule has 5 nitrogen and oxygen atoms in total. The lowest BCUT2D eigenvalue weighted by Gasteiger charge is -2.20. The van der Waals surface area contributed by atoms with E-state index >= 15 is 0 Å². The third kappa shape index (κ3) is 2.59. The lowest BCUT2D eigenvalue weighted by Crippen LogP contribution is -2.13. The summed E-state index contributed by atoms with van der Waals surface area (Å²) in [5.41, 5.74) is 3.74. The van der Waals surface area contributed by atoms with Gasteiger partial charge >= 0.3 is 0 Å². The third-order valence-electron chi connectivity index (χ3n) is 5.82. The molecule has 0 saturated carbocycles. The fraction of sp³-hybridized carbons (Fsp3) is 0.0769. The molecule has 6 rings (SSSR count). The first-order valence-electron chi connectivity index (χ1n) is 9.91. The molecule has 0 radical (unpaired) electrons. The summed E-state index contributed by atoms with van der Waals surface area (Å²) >= 11 is 0. The van der Waals surface area contributed by atoms with Crippen molar-refractivity contribution in [1.82, 2.24) is 0 Å². The van der Waals surface area contributed by atoms with Crippen LogP contribution in [0, 0.1) is 11.3 Å². The van der Waals surface area contributed by atoms with Gasteiger partial charge in [-0.1, -0.05) is 54.6 Å². The van der Waals surface area contributed by atoms with Crippen molar-refractivity contribution in [3.8, 4) is 17.6 Å². The monoisotopic (exact) mass is 405 g/mol. The first kappa shape index (κ1) is 17.5. The SMILES string of the molecule is N#CC1=Cc2c(oc3cc4c(cc3c2=O)OCO4)C(c2ccccc2)c2ccccc21. The zero-order chi connectivity index (χ0) is 20.9. The van der Waals surface area contributed by atoms with E-state index in [4.69, 9.17) is 13.9 Å². The molecule has 0 saturated heterocycles. The average molecular weight is 405 g/mol. The number of ether oxygens (including phenoxy) is 2. The smallest absolute Gasteiger partial charge is 0.231 e. The van der Waals surface area contributed by atoms with Crippen LogP contribution in [-0.4, -0.2) is 6.79 Å². The van der Waals surface area contributed by atoms with Crippen LogP contribution < -0.4 is 14.9 Å². The van der Waals surface area contributed by atoms with Gasteiger partial charge in [-0.3, -0.25) is 4.79 Å². The zero-order valence-corrected chi connectivity index (χ0v) is 16.3. The van der Waals surface area contributed by atoms with E-state index in [2.05, 4.69) is 6.07 Å². The Bertz CT molecular complexity index is 1490. The molecule has 0 spiro atoms. The number of allylic oxidation sites excluding steroid dienone is 1. The van der Waals surface area contributed by atoms with Crippen LogP contribution >= 0.6 is 0 Å². The van der Waals surface area contributed by atoms with Crippen LogP contribution in [0.25, 0.3) is 22.6 Å². The first-order chi connectivity index (χ1) is 15.2. The molecule has 31 heavy (non-hydrogen) atoms. The van der Waals surface area contributed by atoms with E-state index in [0.717, 1.165) is 16.7 Å². The average Bonchev–Trinajstić information content (AvgIpc) is 3.21. The Morgan fingerprint density at radius 3 is 2.48 bits per heavy atom. The molecule has 1 unspecified atom stereocenters. The summed E-state index contributed by atoms with van der Waals surface area (Å²) in [5, 5.41) is 10.3. The standard InChI is InChI=1S/C26H15NO4/c27-13-16-10-20-25(28)19-11-22-23(30-14-29-22)12-21(19)31-26(20)24(15-6-2-1-3-7-15)18-9-5-4-8-17(16)18/h1-12,24H,14H2. The molecule has 0 amide bonds. The number of rotatable bonds is 1. The quantitative estimate of drug-likeness (QED) is 0.442. The second-order valence-electron chi connectivity index (χ2n) is 7.51. The fourth-order valence-corrected chi connectivity index (χ4v) is 4.39. The predicted octanol–water partition coefficient (Wildman–Crippen LogP) is 5.08. The molecule has 1 aromatic heterocycles. The maximum atomic E-state index is 13.6. The summed E-state index contributed by atoms with van der Waals surface area (Å²) in [7, 11) is 0. The highest BCUT2D eigenvalue weighted by atomic mass is 16.7. The largest absolute Gasteiger partial charge is 0.459 e. The van der Waals surface area contributed by atoms with E-state index in [-0.39, 0.29) is 18.1 Å². The van der Waals surface area contributed by atoms with E-state index < -0.39 is 0 Å². The molecule has 2 heterocycles. The van der Waals surface area contributed by atoms with Crippen molar-refractivity contribution in [1.29, 1.82) is 5.26 Å². The highest BCUT2D eigenvalue weighted by Gasteiger charge is 2.31. The maximum Gasteiger partial charge on any atom is 0.231 e. The minimum absolute atomic E-state index is 0.109. The number of hydrogen-bond acceptors (Lipinski definition) is 5. The van der Waals surface area contributed by atoms with Crippen molar-refractivity contribution < 1.29 is 13.9 Å². The molecule has 148 valence electrons. The van der Waals surface area contributed by atoms with Crippen LogP contribution in [0.2, 0.25) is 0 Å². The van der Waals surface area contributed by atoms with Gasteiger partial charge in [-0.2, -0.15) is 5.26 Å². The van der Waals surface area contributed by atoms with Crippen molar-refractivity contribution in [2.75, 3.05) is 6.79 Å². The summed E-state index contributed by atoms with van der Waals surface area (Å²) < 4.78 is 17.3. The minimum Gasteiger partial charge on any atom is -0.459 e. The van der Waals surface area contributed by atoms with Gasteiger partial charge in [0, 0.05) is 6.07 Å². The fourth-order valence-electron chi connectivity index (χ4n) is 4.39. The van der Waals surface area contributed by atoms with Crippen molar-refractivity contribution >= 4 is 22.6 Å². The first-order valence-corrected chi connectivity index (χ1v) is 9.91. The van der Waals surface area contributed by atoms with Crippen LogP contribution in [0.5, 0.6) is 11.5 Å². The van der Waals surface area contributed by atoms with Crippen molar-refractivity contribution in [2.24, 2.45) is 0 Å². The zero-order valence-electron chi connectivity index (χ0n) is 16.3. The molecule has 0 bridgehead atoms. The van der Waals surface area contributed by atoms with Gasteiger partial charge in [-0.15, -0.1) is 0 Å². The third-order valence-corrected chi connectivity index (χ3v) is 5.82. The van der Waals surface area contributed by atoms with Crippen molar-refractivity contribution in [3.63, 3.8) is 0 Å². The predicted molar refractivity (Wildman–Crippen MR) is 116 cm³/mol. The highest BCUT2D eigenvalue weighted by molar-refractivity contribution is 5.95. The van der Waals surface area contributed by atoms with Crippen molar-refractivity contribution in [2.45, 2.75) is 5.92 Å². The minimum atomic E-state index is -0.336. The molecule has 1 aliphatic carbocycles. The number of benzene rings is 3. The Kier molecular flexibility index (Phi) is 3.74. The molecule has 5 heteroatoms. The number of nitriles is 1. The molecule has 1 aliphatic heterocycles. The number of hydrogen-bond donors (Lipinski definition) is 0. The summed E-state index contributed by atoms with van der Waals surface area (Å²) in [5.74, 6) is 1.24. The topological polar surface area (TPSA) is 72.5 Å². The molecule has 1 atom stereocenters. The maximum absolute atomic E-state index is 13.6. The molecule has 0 fully saturated rings. The number of fused-ring (bicyclic) bond motifs is 4. The Hall–Kier alpha value is -4.30. The van der Waals surface area contributed by atoms with Gasteiger partial charge in [-0.05, 0) is 28.8 Å². The molecule has 2 aliphatic rings. The Morgan fingerprint density at radius 2 is 1.68 bits per heavy atom. The summed E-state index contributed by atoms with van der Waals surface area (Å²) in [4.78, 5) is 13.6. The lowest BCUT2D eigenvalue weighted by molar-refractivity contribution is 0.174. The van der Waals surface area contributed by atoms with Crippen LogP contribution in [0.15, 0.2) is 75.9 Å². The van der Waals surface area contributed by atoms with Gasteiger partial charge in [0.15, 0.2) is 16.9 Å². The highest BCUT2D eigenvalue weighted by Crippen LogP contribution is 2.43. The van der Waals surface area contributed by atoms with E-state index in [9.17, 15) is 10.1 Å². The summed E-state index contributed by atoms with van der Waals surface area (Å²) in [6, 6.07) is 23.2. The molecular formula is C26H15NO4. The second-order valence-corrected chi connectivity index (χ2v) is 7.51. The van der Waals surface area contributed by atoms with Gasteiger partial charge in [0.05, 0.1) is 28.5 Å². The number of nitrogens with zero attached hydrogens (tertiary/aromatic N) is 1. The Labute approximate surface area is 177 Å². The Morgan fingerprint density at radius 1 is 0.935 bits per heavy atom. The van der Waals surface area contributed by atoms with E-state index in [1.807, 2.05) is 54.6 Å². The van der Waals surface area contributed by atoms with Crippen LogP contribution in [-0.2, 0) is 0 Å². The molecular weight excluding hydrogens is 390 g/mol. The van der Waals surface area contributed by atoms with Crippen LogP contribution in [0.4, 0.5) is 0 Å². The normalized spacial score (nSPS) is 16.1. The van der Waals surface area contributed by atoms with E-state index in [0.29, 0.717) is 39.4 Å². The van der Waals surface area contributed by atoms with Gasteiger partial charge in [0.2, 0.25) is 6.79 Å².